The normalized spacial score (nSPS) is 11.5. The molecule has 0 aliphatic heterocycles. The summed E-state index contributed by atoms with van der Waals surface area (Å²) in [6.07, 6.45) is 0. The molecule has 0 atom stereocenters. The highest BCUT2D eigenvalue weighted by atomic mass is 79.9. The first-order valence-corrected chi connectivity index (χ1v) is 5.78. The summed E-state index contributed by atoms with van der Waals surface area (Å²) in [6, 6.07) is 14.2. The lowest BCUT2D eigenvalue weighted by Gasteiger charge is -2.07. The van der Waals surface area contributed by atoms with Gasteiger partial charge < -0.3 is 10.3 Å². The Bertz CT molecular complexity index is 553. The molecule has 2 aromatic rings. The molecule has 3 nitrogen and oxygen atoms in total. The second kappa shape index (κ2) is 5.01. The molecule has 17 heavy (non-hydrogen) atoms. The van der Waals surface area contributed by atoms with Crippen molar-refractivity contribution in [1.29, 1.82) is 0 Å². The third-order valence-electron chi connectivity index (χ3n) is 2.36. The van der Waals surface area contributed by atoms with Gasteiger partial charge in [-0.3, -0.25) is 0 Å². The van der Waals surface area contributed by atoms with Crippen LogP contribution in [0.2, 0.25) is 0 Å². The zero-order chi connectivity index (χ0) is 12.3. The van der Waals surface area contributed by atoms with Crippen molar-refractivity contribution < 1.29 is 10.3 Å². The molecular formula is C13H10BrNO2. The fourth-order valence-corrected chi connectivity index (χ4v) is 1.92. The molecule has 4 heteroatoms. The van der Waals surface area contributed by atoms with E-state index in [2.05, 4.69) is 21.1 Å². The summed E-state index contributed by atoms with van der Waals surface area (Å²) in [5, 5.41) is 22.2. The minimum absolute atomic E-state index is 0.0658. The first-order valence-electron chi connectivity index (χ1n) is 4.98. The second-order valence-electron chi connectivity index (χ2n) is 3.48. The third-order valence-corrected chi connectivity index (χ3v) is 2.86. The maximum atomic E-state index is 9.83. The zero-order valence-corrected chi connectivity index (χ0v) is 10.4. The molecule has 2 N–H and O–H groups in total. The number of phenolic OH excluding ortho intramolecular Hbond substituents is 1. The predicted molar refractivity (Wildman–Crippen MR) is 69.7 cm³/mol. The van der Waals surface area contributed by atoms with Gasteiger partial charge in [0.25, 0.3) is 0 Å². The Labute approximate surface area is 107 Å². The van der Waals surface area contributed by atoms with Crippen LogP contribution in [0.4, 0.5) is 0 Å². The first kappa shape index (κ1) is 11.7. The Balaban J connectivity index is 2.51. The number of hydrogen-bond acceptors (Lipinski definition) is 3. The van der Waals surface area contributed by atoms with Gasteiger partial charge in [-0.1, -0.05) is 51.4 Å². The summed E-state index contributed by atoms with van der Waals surface area (Å²) in [4.78, 5) is 0. The molecular weight excluding hydrogens is 282 g/mol. The van der Waals surface area contributed by atoms with Crippen molar-refractivity contribution in [3.05, 3.63) is 64.1 Å². The number of phenols is 1. The van der Waals surface area contributed by atoms with Gasteiger partial charge in [-0.25, -0.2) is 0 Å². The summed E-state index contributed by atoms with van der Waals surface area (Å²) in [5.41, 5.74) is 1.57. The van der Waals surface area contributed by atoms with Crippen LogP contribution in [0, 0.1) is 0 Å². The van der Waals surface area contributed by atoms with Gasteiger partial charge in [-0.15, -0.1) is 0 Å². The lowest BCUT2D eigenvalue weighted by atomic mass is 10.0. The minimum Gasteiger partial charge on any atom is -0.507 e. The van der Waals surface area contributed by atoms with Crippen LogP contribution in [0.15, 0.2) is 58.2 Å². The van der Waals surface area contributed by atoms with E-state index in [1.54, 1.807) is 18.2 Å². The van der Waals surface area contributed by atoms with Crippen LogP contribution >= 0.6 is 15.9 Å². The van der Waals surface area contributed by atoms with Crippen LogP contribution < -0.4 is 0 Å². The first-order chi connectivity index (χ1) is 8.22. The summed E-state index contributed by atoms with van der Waals surface area (Å²) in [7, 11) is 0. The maximum absolute atomic E-state index is 9.83. The van der Waals surface area contributed by atoms with E-state index in [1.165, 1.54) is 0 Å². The Morgan fingerprint density at radius 1 is 1.06 bits per heavy atom. The molecule has 0 spiro atoms. The van der Waals surface area contributed by atoms with Gasteiger partial charge in [-0.05, 0) is 18.2 Å². The largest absolute Gasteiger partial charge is 0.507 e. The van der Waals surface area contributed by atoms with Crippen molar-refractivity contribution in [2.24, 2.45) is 5.16 Å². The monoisotopic (exact) mass is 291 g/mol. The minimum atomic E-state index is 0.0658. The standard InChI is InChI=1S/C13H10BrNO2/c14-10-6-7-11(12(16)8-10)13(15-17)9-4-2-1-3-5-9/h1-8,16-17H/b15-13-. The molecule has 0 fully saturated rings. The van der Waals surface area contributed by atoms with Gasteiger partial charge in [0.2, 0.25) is 0 Å². The van der Waals surface area contributed by atoms with Crippen LogP contribution in [-0.4, -0.2) is 16.0 Å². The van der Waals surface area contributed by atoms with Crippen molar-refractivity contribution in [2.75, 3.05) is 0 Å². The van der Waals surface area contributed by atoms with Crippen molar-refractivity contribution in [3.8, 4) is 5.75 Å². The van der Waals surface area contributed by atoms with E-state index in [0.717, 1.165) is 10.0 Å². The van der Waals surface area contributed by atoms with E-state index < -0.39 is 0 Å². The average Bonchev–Trinajstić information content (AvgIpc) is 2.34. The van der Waals surface area contributed by atoms with E-state index in [1.807, 2.05) is 30.3 Å². The molecule has 0 bridgehead atoms. The van der Waals surface area contributed by atoms with Crippen molar-refractivity contribution in [2.45, 2.75) is 0 Å². The number of oxime groups is 1. The SMILES string of the molecule is O/N=C(/c1ccccc1)c1ccc(Br)cc1O. The molecule has 0 radical (unpaired) electrons. The van der Waals surface area contributed by atoms with Crippen molar-refractivity contribution >= 4 is 21.6 Å². The van der Waals surface area contributed by atoms with Gasteiger partial charge in [0.05, 0.1) is 0 Å². The molecule has 0 unspecified atom stereocenters. The molecule has 0 heterocycles. The fourth-order valence-electron chi connectivity index (χ4n) is 1.57. The molecule has 0 amide bonds. The lowest BCUT2D eigenvalue weighted by molar-refractivity contribution is 0.319. The summed E-state index contributed by atoms with van der Waals surface area (Å²) in [6.45, 7) is 0. The van der Waals surface area contributed by atoms with Crippen molar-refractivity contribution in [3.63, 3.8) is 0 Å². The number of aromatic hydroxyl groups is 1. The highest BCUT2D eigenvalue weighted by Crippen LogP contribution is 2.25. The number of benzene rings is 2. The van der Waals surface area contributed by atoms with E-state index in [-0.39, 0.29) is 5.75 Å². The third kappa shape index (κ3) is 2.47. The topological polar surface area (TPSA) is 52.8 Å². The smallest absolute Gasteiger partial charge is 0.126 e. The molecule has 0 saturated heterocycles. The molecule has 86 valence electrons. The maximum Gasteiger partial charge on any atom is 0.126 e. The van der Waals surface area contributed by atoms with Gasteiger partial charge >= 0.3 is 0 Å². The number of nitrogens with zero attached hydrogens (tertiary/aromatic N) is 1. The fraction of sp³-hybridized carbons (Fsp3) is 0. The molecule has 2 aromatic carbocycles. The van der Waals surface area contributed by atoms with Crippen LogP contribution in [0.5, 0.6) is 5.75 Å². The van der Waals surface area contributed by atoms with Crippen LogP contribution in [0.3, 0.4) is 0 Å². The van der Waals surface area contributed by atoms with E-state index in [0.29, 0.717) is 11.3 Å². The summed E-state index contributed by atoms with van der Waals surface area (Å²) < 4.78 is 0.768. The highest BCUT2D eigenvalue weighted by molar-refractivity contribution is 9.10. The van der Waals surface area contributed by atoms with Gasteiger partial charge in [-0.2, -0.15) is 0 Å². The lowest BCUT2D eigenvalue weighted by Crippen LogP contribution is -2.03. The number of rotatable bonds is 2. The Morgan fingerprint density at radius 2 is 1.76 bits per heavy atom. The number of hydrogen-bond donors (Lipinski definition) is 2. The van der Waals surface area contributed by atoms with E-state index in [4.69, 9.17) is 5.21 Å². The van der Waals surface area contributed by atoms with Crippen LogP contribution in [0.25, 0.3) is 0 Å². The Morgan fingerprint density at radius 3 is 2.35 bits per heavy atom. The van der Waals surface area contributed by atoms with E-state index in [9.17, 15) is 5.11 Å². The summed E-state index contributed by atoms with van der Waals surface area (Å²) in [5.74, 6) is 0.0658. The van der Waals surface area contributed by atoms with E-state index >= 15 is 0 Å². The summed E-state index contributed by atoms with van der Waals surface area (Å²) >= 11 is 3.26. The predicted octanol–water partition coefficient (Wildman–Crippen LogP) is 3.38. The Hall–Kier alpha value is -1.81. The van der Waals surface area contributed by atoms with Crippen LogP contribution in [0.1, 0.15) is 11.1 Å². The van der Waals surface area contributed by atoms with Gasteiger partial charge in [0.1, 0.15) is 11.5 Å². The highest BCUT2D eigenvalue weighted by Gasteiger charge is 2.11. The molecule has 0 saturated carbocycles. The van der Waals surface area contributed by atoms with Crippen LogP contribution in [-0.2, 0) is 0 Å². The quantitative estimate of drug-likeness (QED) is 0.506. The molecule has 0 aliphatic carbocycles. The van der Waals surface area contributed by atoms with Crippen molar-refractivity contribution in [1.82, 2.24) is 0 Å². The average molecular weight is 292 g/mol. The molecule has 0 aliphatic rings. The molecule has 2 rings (SSSR count). The molecule has 0 aromatic heterocycles. The second-order valence-corrected chi connectivity index (χ2v) is 4.39. The Kier molecular flexibility index (Phi) is 3.44. The van der Waals surface area contributed by atoms with Gasteiger partial charge in [0.15, 0.2) is 0 Å². The number of halogens is 1. The van der Waals surface area contributed by atoms with Gasteiger partial charge in [0, 0.05) is 15.6 Å². The zero-order valence-electron chi connectivity index (χ0n) is 8.84.